The number of benzene rings is 2. The van der Waals surface area contributed by atoms with E-state index >= 15 is 0 Å². The van der Waals surface area contributed by atoms with E-state index < -0.39 is 10.0 Å². The summed E-state index contributed by atoms with van der Waals surface area (Å²) in [5, 5.41) is 2.79. The Morgan fingerprint density at radius 2 is 1.68 bits per heavy atom. The van der Waals surface area contributed by atoms with Crippen molar-refractivity contribution in [2.75, 3.05) is 18.8 Å². The molecule has 0 aromatic heterocycles. The van der Waals surface area contributed by atoms with Gasteiger partial charge in [-0.1, -0.05) is 24.3 Å². The molecule has 3 rings (SSSR count). The second-order valence-electron chi connectivity index (χ2n) is 6.03. The number of rotatable bonds is 5. The fourth-order valence-electron chi connectivity index (χ4n) is 2.84. The highest BCUT2D eigenvalue weighted by Crippen LogP contribution is 2.21. The van der Waals surface area contributed by atoms with E-state index in [4.69, 9.17) is 5.73 Å². The molecule has 1 aliphatic rings. The molecule has 0 unspecified atom stereocenters. The van der Waals surface area contributed by atoms with Gasteiger partial charge in [-0.15, -0.1) is 0 Å². The van der Waals surface area contributed by atoms with Crippen LogP contribution in [-0.2, 0) is 16.6 Å². The first kappa shape index (κ1) is 17.4. The molecule has 0 saturated carbocycles. The first-order valence-electron chi connectivity index (χ1n) is 8.20. The molecular formula is C18H21N3O3S. The number of hydrogen-bond donors (Lipinski definition) is 2. The van der Waals surface area contributed by atoms with E-state index in [1.54, 1.807) is 48.5 Å². The van der Waals surface area contributed by atoms with Crippen molar-refractivity contribution in [1.29, 1.82) is 0 Å². The zero-order chi connectivity index (χ0) is 17.9. The number of hydrogen-bond acceptors (Lipinski definition) is 4. The minimum Gasteiger partial charge on any atom is -0.398 e. The molecule has 7 heteroatoms. The topological polar surface area (TPSA) is 92.5 Å². The monoisotopic (exact) mass is 359 g/mol. The van der Waals surface area contributed by atoms with E-state index in [0.29, 0.717) is 30.9 Å². The summed E-state index contributed by atoms with van der Waals surface area (Å²) in [6, 6.07) is 13.5. The zero-order valence-corrected chi connectivity index (χ0v) is 14.6. The van der Waals surface area contributed by atoms with Crippen molar-refractivity contribution in [2.24, 2.45) is 0 Å². The van der Waals surface area contributed by atoms with E-state index in [9.17, 15) is 13.2 Å². The van der Waals surface area contributed by atoms with Gasteiger partial charge in [0.2, 0.25) is 10.0 Å². The highest BCUT2D eigenvalue weighted by molar-refractivity contribution is 7.89. The predicted molar refractivity (Wildman–Crippen MR) is 96.5 cm³/mol. The normalized spacial score (nSPS) is 15.2. The molecule has 132 valence electrons. The van der Waals surface area contributed by atoms with Crippen LogP contribution in [0.1, 0.15) is 28.8 Å². The zero-order valence-electron chi connectivity index (χ0n) is 13.8. The Bertz CT molecular complexity index is 857. The number of nitrogens with two attached hydrogens (primary N) is 1. The highest BCUT2D eigenvalue weighted by atomic mass is 32.2. The van der Waals surface area contributed by atoms with Crippen molar-refractivity contribution >= 4 is 21.6 Å². The molecule has 0 spiro atoms. The standard InChI is InChI=1S/C18H21N3O3S/c19-17-6-2-1-5-16(17)18(22)20-13-14-7-9-15(10-8-14)25(23,24)21-11-3-4-12-21/h1-2,5-10H,3-4,11-13,19H2,(H,20,22). The van der Waals surface area contributed by atoms with Crippen molar-refractivity contribution in [3.8, 4) is 0 Å². The Balaban J connectivity index is 1.65. The Hall–Kier alpha value is -2.38. The third-order valence-electron chi connectivity index (χ3n) is 4.28. The molecule has 2 aromatic rings. The van der Waals surface area contributed by atoms with Crippen LogP contribution in [0.4, 0.5) is 5.69 Å². The van der Waals surface area contributed by atoms with Gasteiger partial charge in [-0.25, -0.2) is 8.42 Å². The Labute approximate surface area is 147 Å². The van der Waals surface area contributed by atoms with Gasteiger partial charge >= 0.3 is 0 Å². The maximum Gasteiger partial charge on any atom is 0.253 e. The first-order chi connectivity index (χ1) is 12.0. The quantitative estimate of drug-likeness (QED) is 0.799. The summed E-state index contributed by atoms with van der Waals surface area (Å²) in [6.07, 6.45) is 1.82. The Kier molecular flexibility index (Phi) is 5.06. The van der Waals surface area contributed by atoms with Gasteiger partial charge in [0.05, 0.1) is 10.5 Å². The van der Waals surface area contributed by atoms with Crippen LogP contribution >= 0.6 is 0 Å². The van der Waals surface area contributed by atoms with Crippen LogP contribution in [0.2, 0.25) is 0 Å². The second kappa shape index (κ2) is 7.25. The van der Waals surface area contributed by atoms with E-state index in [0.717, 1.165) is 18.4 Å². The van der Waals surface area contributed by atoms with Crippen molar-refractivity contribution < 1.29 is 13.2 Å². The van der Waals surface area contributed by atoms with Gasteiger partial charge in [0.15, 0.2) is 0 Å². The summed E-state index contributed by atoms with van der Waals surface area (Å²) in [5.74, 6) is -0.258. The number of nitrogens with one attached hydrogen (secondary N) is 1. The molecule has 3 N–H and O–H groups in total. The highest BCUT2D eigenvalue weighted by Gasteiger charge is 2.26. The molecule has 1 amide bonds. The van der Waals surface area contributed by atoms with Crippen LogP contribution in [0.15, 0.2) is 53.4 Å². The van der Waals surface area contributed by atoms with E-state index in [-0.39, 0.29) is 10.8 Å². The number of amides is 1. The Morgan fingerprint density at radius 3 is 2.32 bits per heavy atom. The van der Waals surface area contributed by atoms with Gasteiger partial charge in [0.1, 0.15) is 0 Å². The summed E-state index contributed by atoms with van der Waals surface area (Å²) < 4.78 is 26.5. The van der Waals surface area contributed by atoms with E-state index in [1.807, 2.05) is 0 Å². The third kappa shape index (κ3) is 3.83. The molecule has 0 bridgehead atoms. The lowest BCUT2D eigenvalue weighted by atomic mass is 10.1. The van der Waals surface area contributed by atoms with Crippen molar-refractivity contribution in [2.45, 2.75) is 24.3 Å². The van der Waals surface area contributed by atoms with Crippen molar-refractivity contribution in [3.63, 3.8) is 0 Å². The molecule has 1 saturated heterocycles. The van der Waals surface area contributed by atoms with Crippen LogP contribution in [-0.4, -0.2) is 31.7 Å². The predicted octanol–water partition coefficient (Wildman–Crippen LogP) is 1.98. The smallest absolute Gasteiger partial charge is 0.253 e. The fraction of sp³-hybridized carbons (Fsp3) is 0.278. The minimum absolute atomic E-state index is 0.258. The number of para-hydroxylation sites is 1. The second-order valence-corrected chi connectivity index (χ2v) is 7.96. The van der Waals surface area contributed by atoms with Gasteiger partial charge in [0.25, 0.3) is 5.91 Å². The SMILES string of the molecule is Nc1ccccc1C(=O)NCc1ccc(S(=O)(=O)N2CCCC2)cc1. The van der Waals surface area contributed by atoms with Crippen LogP contribution in [0.5, 0.6) is 0 Å². The molecule has 1 heterocycles. The molecule has 0 radical (unpaired) electrons. The number of anilines is 1. The maximum absolute atomic E-state index is 12.5. The summed E-state index contributed by atoms with van der Waals surface area (Å²) >= 11 is 0. The lowest BCUT2D eigenvalue weighted by molar-refractivity contribution is 0.0952. The first-order valence-corrected chi connectivity index (χ1v) is 9.64. The van der Waals surface area contributed by atoms with Crippen LogP contribution < -0.4 is 11.1 Å². The number of nitrogen functional groups attached to an aromatic ring is 1. The Morgan fingerprint density at radius 1 is 1.04 bits per heavy atom. The molecule has 1 aliphatic heterocycles. The lowest BCUT2D eigenvalue weighted by Crippen LogP contribution is -2.28. The largest absolute Gasteiger partial charge is 0.398 e. The molecule has 6 nitrogen and oxygen atoms in total. The number of carbonyl (C=O) groups excluding carboxylic acids is 1. The summed E-state index contributed by atoms with van der Waals surface area (Å²) in [7, 11) is -3.41. The van der Waals surface area contributed by atoms with Crippen molar-refractivity contribution in [1.82, 2.24) is 9.62 Å². The average molecular weight is 359 g/mol. The maximum atomic E-state index is 12.5. The number of carbonyl (C=O) groups is 1. The van der Waals surface area contributed by atoms with Gasteiger partial charge in [-0.05, 0) is 42.7 Å². The minimum atomic E-state index is -3.41. The summed E-state index contributed by atoms with van der Waals surface area (Å²) in [6.45, 7) is 1.47. The molecule has 1 fully saturated rings. The van der Waals surface area contributed by atoms with Gasteiger partial charge in [-0.3, -0.25) is 4.79 Å². The molecular weight excluding hydrogens is 338 g/mol. The van der Waals surface area contributed by atoms with E-state index in [2.05, 4.69) is 5.32 Å². The van der Waals surface area contributed by atoms with Crippen LogP contribution in [0.25, 0.3) is 0 Å². The van der Waals surface area contributed by atoms with Gasteiger partial charge in [-0.2, -0.15) is 4.31 Å². The van der Waals surface area contributed by atoms with Gasteiger partial charge in [0, 0.05) is 25.3 Å². The number of nitrogens with zero attached hydrogens (tertiary/aromatic N) is 1. The molecule has 25 heavy (non-hydrogen) atoms. The average Bonchev–Trinajstić information content (AvgIpc) is 3.16. The van der Waals surface area contributed by atoms with E-state index in [1.165, 1.54) is 4.31 Å². The van der Waals surface area contributed by atoms with Crippen molar-refractivity contribution in [3.05, 3.63) is 59.7 Å². The van der Waals surface area contributed by atoms with Crippen LogP contribution in [0, 0.1) is 0 Å². The van der Waals surface area contributed by atoms with Gasteiger partial charge < -0.3 is 11.1 Å². The van der Waals surface area contributed by atoms with Crippen LogP contribution in [0.3, 0.4) is 0 Å². The molecule has 2 aromatic carbocycles. The lowest BCUT2D eigenvalue weighted by Gasteiger charge is -2.15. The number of sulfonamides is 1. The fourth-order valence-corrected chi connectivity index (χ4v) is 4.36. The summed E-state index contributed by atoms with van der Waals surface area (Å²) in [5.41, 5.74) is 7.46. The summed E-state index contributed by atoms with van der Waals surface area (Å²) in [4.78, 5) is 12.4. The third-order valence-corrected chi connectivity index (χ3v) is 6.20. The molecule has 0 atom stereocenters. The molecule has 0 aliphatic carbocycles.